The first-order chi connectivity index (χ1) is 10.1. The second-order valence-corrected chi connectivity index (χ2v) is 6.00. The molecule has 21 heavy (non-hydrogen) atoms. The van der Waals surface area contributed by atoms with Gasteiger partial charge in [0.15, 0.2) is 11.5 Å². The quantitative estimate of drug-likeness (QED) is 0.728. The SMILES string of the molecule is COc1cc(C=O)cc(Br)c1OCCN1CCN(C)CC1. The molecule has 5 nitrogen and oxygen atoms in total. The van der Waals surface area contributed by atoms with Gasteiger partial charge in [-0.05, 0) is 35.1 Å². The van der Waals surface area contributed by atoms with Gasteiger partial charge in [0, 0.05) is 38.3 Å². The van der Waals surface area contributed by atoms with Crippen LogP contribution in [0.15, 0.2) is 16.6 Å². The van der Waals surface area contributed by atoms with Crippen molar-refractivity contribution in [2.24, 2.45) is 0 Å². The van der Waals surface area contributed by atoms with Crippen LogP contribution in [0.2, 0.25) is 0 Å². The van der Waals surface area contributed by atoms with E-state index in [1.807, 2.05) is 0 Å². The van der Waals surface area contributed by atoms with E-state index >= 15 is 0 Å². The summed E-state index contributed by atoms with van der Waals surface area (Å²) in [6, 6.07) is 3.42. The Bertz CT molecular complexity index is 488. The number of carbonyl (C=O) groups excluding carboxylic acids is 1. The molecule has 2 rings (SSSR count). The summed E-state index contributed by atoms with van der Waals surface area (Å²) in [5, 5.41) is 0. The van der Waals surface area contributed by atoms with Crippen molar-refractivity contribution >= 4 is 22.2 Å². The van der Waals surface area contributed by atoms with Crippen molar-refractivity contribution in [3.8, 4) is 11.5 Å². The fourth-order valence-electron chi connectivity index (χ4n) is 2.30. The Kier molecular flexibility index (Phi) is 6.02. The minimum absolute atomic E-state index is 0.560. The van der Waals surface area contributed by atoms with Crippen LogP contribution < -0.4 is 9.47 Å². The van der Waals surface area contributed by atoms with E-state index in [4.69, 9.17) is 9.47 Å². The van der Waals surface area contributed by atoms with Crippen LogP contribution in [0.3, 0.4) is 0 Å². The smallest absolute Gasteiger partial charge is 0.175 e. The minimum atomic E-state index is 0.560. The summed E-state index contributed by atoms with van der Waals surface area (Å²) in [7, 11) is 3.72. The third kappa shape index (κ3) is 4.43. The van der Waals surface area contributed by atoms with Gasteiger partial charge in [-0.3, -0.25) is 9.69 Å². The molecule has 116 valence electrons. The van der Waals surface area contributed by atoms with E-state index in [2.05, 4.69) is 32.8 Å². The first-order valence-corrected chi connectivity index (χ1v) is 7.79. The number of piperazine rings is 1. The Morgan fingerprint density at radius 3 is 2.62 bits per heavy atom. The predicted molar refractivity (Wildman–Crippen MR) is 85.5 cm³/mol. The standard InChI is InChI=1S/C15H21BrN2O3/c1-17-3-5-18(6-4-17)7-8-21-15-13(16)9-12(11-19)10-14(15)20-2/h9-11H,3-8H2,1-2H3. The van der Waals surface area contributed by atoms with E-state index in [0.717, 1.165) is 43.5 Å². The maximum absolute atomic E-state index is 10.9. The predicted octanol–water partition coefficient (Wildman–Crippen LogP) is 1.90. The summed E-state index contributed by atoms with van der Waals surface area (Å²) in [6.45, 7) is 5.82. The van der Waals surface area contributed by atoms with Gasteiger partial charge in [0.25, 0.3) is 0 Å². The monoisotopic (exact) mass is 356 g/mol. The van der Waals surface area contributed by atoms with Crippen molar-refractivity contribution in [3.05, 3.63) is 22.2 Å². The highest BCUT2D eigenvalue weighted by molar-refractivity contribution is 9.10. The molecule has 0 aromatic heterocycles. The van der Waals surface area contributed by atoms with Crippen molar-refractivity contribution in [3.63, 3.8) is 0 Å². The first-order valence-electron chi connectivity index (χ1n) is 7.00. The molecule has 0 aliphatic carbocycles. The number of benzene rings is 1. The van der Waals surface area contributed by atoms with Crippen LogP contribution in [0.1, 0.15) is 10.4 Å². The Morgan fingerprint density at radius 1 is 1.29 bits per heavy atom. The first kappa shape index (κ1) is 16.3. The molecule has 0 spiro atoms. The highest BCUT2D eigenvalue weighted by Crippen LogP contribution is 2.36. The summed E-state index contributed by atoms with van der Waals surface area (Å²) in [5.74, 6) is 1.22. The topological polar surface area (TPSA) is 42.0 Å². The zero-order valence-electron chi connectivity index (χ0n) is 12.5. The number of aldehydes is 1. The van der Waals surface area contributed by atoms with Crippen molar-refractivity contribution in [2.45, 2.75) is 0 Å². The number of ether oxygens (including phenoxy) is 2. The summed E-state index contributed by atoms with van der Waals surface area (Å²) < 4.78 is 11.9. The van der Waals surface area contributed by atoms with E-state index < -0.39 is 0 Å². The third-order valence-electron chi connectivity index (χ3n) is 3.64. The van der Waals surface area contributed by atoms with Gasteiger partial charge in [0.05, 0.1) is 11.6 Å². The summed E-state index contributed by atoms with van der Waals surface area (Å²) in [5.41, 5.74) is 0.560. The van der Waals surface area contributed by atoms with Crippen LogP contribution in [0.4, 0.5) is 0 Å². The highest BCUT2D eigenvalue weighted by atomic mass is 79.9. The molecule has 1 aliphatic heterocycles. The molecule has 6 heteroatoms. The van der Waals surface area contributed by atoms with Crippen LogP contribution in [-0.2, 0) is 0 Å². The lowest BCUT2D eigenvalue weighted by molar-refractivity contribution is 0.112. The Balaban J connectivity index is 1.92. The molecule has 0 atom stereocenters. The lowest BCUT2D eigenvalue weighted by Crippen LogP contribution is -2.45. The highest BCUT2D eigenvalue weighted by Gasteiger charge is 2.15. The van der Waals surface area contributed by atoms with Gasteiger partial charge in [-0.1, -0.05) is 0 Å². The molecule has 0 amide bonds. The van der Waals surface area contributed by atoms with Gasteiger partial charge >= 0.3 is 0 Å². The van der Waals surface area contributed by atoms with Gasteiger partial charge in [-0.2, -0.15) is 0 Å². The average Bonchev–Trinajstić information content (AvgIpc) is 2.50. The van der Waals surface area contributed by atoms with E-state index in [1.54, 1.807) is 19.2 Å². The van der Waals surface area contributed by atoms with Gasteiger partial charge in [0.1, 0.15) is 12.9 Å². The lowest BCUT2D eigenvalue weighted by Gasteiger charge is -2.32. The summed E-state index contributed by atoms with van der Waals surface area (Å²) in [4.78, 5) is 15.6. The van der Waals surface area contributed by atoms with Crippen molar-refractivity contribution < 1.29 is 14.3 Å². The Hall–Kier alpha value is -1.11. The zero-order valence-corrected chi connectivity index (χ0v) is 14.1. The van der Waals surface area contributed by atoms with Crippen LogP contribution in [-0.4, -0.2) is 69.6 Å². The molecular weight excluding hydrogens is 336 g/mol. The van der Waals surface area contributed by atoms with E-state index in [1.165, 1.54) is 0 Å². The van der Waals surface area contributed by atoms with Gasteiger partial charge in [-0.15, -0.1) is 0 Å². The molecule has 1 fully saturated rings. The minimum Gasteiger partial charge on any atom is -0.493 e. The van der Waals surface area contributed by atoms with Gasteiger partial charge in [-0.25, -0.2) is 0 Å². The fraction of sp³-hybridized carbons (Fsp3) is 0.533. The number of carbonyl (C=O) groups is 1. The van der Waals surface area contributed by atoms with E-state index in [9.17, 15) is 4.79 Å². The maximum Gasteiger partial charge on any atom is 0.175 e. The largest absolute Gasteiger partial charge is 0.493 e. The summed E-state index contributed by atoms with van der Waals surface area (Å²) >= 11 is 3.43. The number of hydrogen-bond acceptors (Lipinski definition) is 5. The molecule has 0 unspecified atom stereocenters. The molecule has 0 saturated carbocycles. The number of likely N-dealkylation sites (N-methyl/N-ethyl adjacent to an activating group) is 1. The number of rotatable bonds is 6. The number of halogens is 1. The van der Waals surface area contributed by atoms with Gasteiger partial charge in [0.2, 0.25) is 0 Å². The Morgan fingerprint density at radius 2 is 2.00 bits per heavy atom. The average molecular weight is 357 g/mol. The van der Waals surface area contributed by atoms with E-state index in [-0.39, 0.29) is 0 Å². The normalized spacial score (nSPS) is 16.7. The molecule has 0 radical (unpaired) electrons. The summed E-state index contributed by atoms with van der Waals surface area (Å²) in [6.07, 6.45) is 0.793. The molecule has 1 aliphatic rings. The van der Waals surface area contributed by atoms with Crippen LogP contribution >= 0.6 is 15.9 Å². The molecule has 1 saturated heterocycles. The van der Waals surface area contributed by atoms with Crippen LogP contribution in [0.5, 0.6) is 11.5 Å². The second-order valence-electron chi connectivity index (χ2n) is 5.15. The van der Waals surface area contributed by atoms with Crippen molar-refractivity contribution in [1.82, 2.24) is 9.80 Å². The molecule has 1 aromatic carbocycles. The zero-order chi connectivity index (χ0) is 15.2. The van der Waals surface area contributed by atoms with Crippen LogP contribution in [0, 0.1) is 0 Å². The van der Waals surface area contributed by atoms with Gasteiger partial charge < -0.3 is 14.4 Å². The number of methoxy groups -OCH3 is 1. The van der Waals surface area contributed by atoms with E-state index in [0.29, 0.717) is 23.7 Å². The molecule has 1 heterocycles. The molecule has 0 bridgehead atoms. The van der Waals surface area contributed by atoms with Crippen LogP contribution in [0.25, 0.3) is 0 Å². The molecule has 1 aromatic rings. The number of nitrogens with zero attached hydrogens (tertiary/aromatic N) is 2. The third-order valence-corrected chi connectivity index (χ3v) is 4.23. The maximum atomic E-state index is 10.9. The lowest BCUT2D eigenvalue weighted by atomic mass is 10.2. The van der Waals surface area contributed by atoms with Crippen molar-refractivity contribution in [2.75, 3.05) is 53.5 Å². The van der Waals surface area contributed by atoms with Crippen molar-refractivity contribution in [1.29, 1.82) is 0 Å². The Labute approximate surface area is 133 Å². The molecule has 0 N–H and O–H groups in total. The second kappa shape index (κ2) is 7.77. The number of hydrogen-bond donors (Lipinski definition) is 0. The fourth-order valence-corrected chi connectivity index (χ4v) is 2.87. The molecular formula is C15H21BrN2O3.